The molecule has 2 aromatic heterocycles. The smallest absolute Gasteiger partial charge is 0.322 e. The number of rotatable bonds is 4. The van der Waals surface area contributed by atoms with Crippen LogP contribution in [0.2, 0.25) is 0 Å². The minimum absolute atomic E-state index is 0.326. The standard InChI is InChI=1S/C14H16ClN3O/c1-4-12-13(6-5-9(2)17-12)19-14-16-8-11(7-15)10(3)18-14/h5-6,8H,4,7H2,1-3H3. The van der Waals surface area contributed by atoms with Gasteiger partial charge in [0.05, 0.1) is 11.6 Å². The molecule has 0 aliphatic heterocycles. The quantitative estimate of drug-likeness (QED) is 0.802. The summed E-state index contributed by atoms with van der Waals surface area (Å²) in [5, 5.41) is 0. The van der Waals surface area contributed by atoms with Gasteiger partial charge >= 0.3 is 6.01 Å². The Morgan fingerprint density at radius 2 is 2.00 bits per heavy atom. The number of halogens is 1. The predicted molar refractivity (Wildman–Crippen MR) is 74.8 cm³/mol. The Balaban J connectivity index is 2.28. The molecule has 0 spiro atoms. The highest BCUT2D eigenvalue weighted by molar-refractivity contribution is 6.17. The fraction of sp³-hybridized carbons (Fsp3) is 0.357. The fourth-order valence-corrected chi connectivity index (χ4v) is 1.96. The van der Waals surface area contributed by atoms with Crippen molar-refractivity contribution in [3.63, 3.8) is 0 Å². The van der Waals surface area contributed by atoms with Gasteiger partial charge in [-0.15, -0.1) is 11.6 Å². The monoisotopic (exact) mass is 277 g/mol. The third kappa shape index (κ3) is 3.20. The molecular formula is C14H16ClN3O. The van der Waals surface area contributed by atoms with E-state index in [1.807, 2.05) is 32.9 Å². The second-order valence-corrected chi connectivity index (χ2v) is 4.52. The van der Waals surface area contributed by atoms with E-state index < -0.39 is 0 Å². The van der Waals surface area contributed by atoms with Gasteiger partial charge in [0, 0.05) is 23.1 Å². The number of ether oxygens (including phenoxy) is 1. The number of pyridine rings is 1. The van der Waals surface area contributed by atoms with Gasteiger partial charge in [0.25, 0.3) is 0 Å². The summed E-state index contributed by atoms with van der Waals surface area (Å²) in [4.78, 5) is 12.9. The van der Waals surface area contributed by atoms with Gasteiger partial charge in [-0.3, -0.25) is 4.98 Å². The molecule has 2 aromatic rings. The van der Waals surface area contributed by atoms with Crippen molar-refractivity contribution in [2.45, 2.75) is 33.1 Å². The zero-order valence-electron chi connectivity index (χ0n) is 11.3. The van der Waals surface area contributed by atoms with Gasteiger partial charge < -0.3 is 4.74 Å². The number of nitrogens with zero attached hydrogens (tertiary/aromatic N) is 3. The van der Waals surface area contributed by atoms with Gasteiger partial charge in [-0.1, -0.05) is 6.92 Å². The number of aryl methyl sites for hydroxylation is 3. The molecule has 0 fully saturated rings. The third-order valence-electron chi connectivity index (χ3n) is 2.81. The van der Waals surface area contributed by atoms with Gasteiger partial charge in [0.1, 0.15) is 0 Å². The summed E-state index contributed by atoms with van der Waals surface area (Å²) < 4.78 is 5.71. The van der Waals surface area contributed by atoms with E-state index in [2.05, 4.69) is 15.0 Å². The average molecular weight is 278 g/mol. The van der Waals surface area contributed by atoms with E-state index in [4.69, 9.17) is 16.3 Å². The molecule has 0 aliphatic rings. The molecule has 0 amide bonds. The lowest BCUT2D eigenvalue weighted by atomic mass is 10.2. The van der Waals surface area contributed by atoms with E-state index in [1.54, 1.807) is 6.20 Å². The first kappa shape index (κ1) is 13.7. The van der Waals surface area contributed by atoms with Crippen LogP contribution in [-0.4, -0.2) is 15.0 Å². The fourth-order valence-electron chi connectivity index (χ4n) is 1.69. The Bertz CT molecular complexity index is 587. The Kier molecular flexibility index (Phi) is 4.32. The first-order valence-electron chi connectivity index (χ1n) is 6.17. The highest BCUT2D eigenvalue weighted by atomic mass is 35.5. The topological polar surface area (TPSA) is 47.9 Å². The van der Waals surface area contributed by atoms with Crippen LogP contribution in [0.25, 0.3) is 0 Å². The molecule has 0 saturated carbocycles. The van der Waals surface area contributed by atoms with Gasteiger partial charge in [0.2, 0.25) is 0 Å². The third-order valence-corrected chi connectivity index (χ3v) is 3.10. The van der Waals surface area contributed by atoms with Crippen molar-refractivity contribution >= 4 is 11.6 Å². The Hall–Kier alpha value is -1.68. The number of alkyl halides is 1. The van der Waals surface area contributed by atoms with Crippen LogP contribution in [0.5, 0.6) is 11.8 Å². The van der Waals surface area contributed by atoms with Crippen molar-refractivity contribution in [3.8, 4) is 11.8 Å². The molecule has 0 N–H and O–H groups in total. The number of hydrogen-bond donors (Lipinski definition) is 0. The first-order chi connectivity index (χ1) is 9.13. The molecule has 0 radical (unpaired) electrons. The van der Waals surface area contributed by atoms with E-state index in [0.717, 1.165) is 29.1 Å². The molecule has 100 valence electrons. The highest BCUT2D eigenvalue weighted by Crippen LogP contribution is 2.23. The van der Waals surface area contributed by atoms with Crippen LogP contribution in [0.4, 0.5) is 0 Å². The summed E-state index contributed by atoms with van der Waals surface area (Å²) >= 11 is 5.78. The van der Waals surface area contributed by atoms with Crippen molar-refractivity contribution in [1.29, 1.82) is 0 Å². The Labute approximate surface area is 117 Å². The summed E-state index contributed by atoms with van der Waals surface area (Å²) in [7, 11) is 0. The van der Waals surface area contributed by atoms with Crippen LogP contribution in [0.15, 0.2) is 18.3 Å². The zero-order valence-corrected chi connectivity index (χ0v) is 12.0. The molecule has 0 unspecified atom stereocenters. The SMILES string of the molecule is CCc1nc(C)ccc1Oc1ncc(CCl)c(C)n1. The van der Waals surface area contributed by atoms with Crippen molar-refractivity contribution in [3.05, 3.63) is 41.0 Å². The van der Waals surface area contributed by atoms with Crippen LogP contribution in [0.3, 0.4) is 0 Å². The summed E-state index contributed by atoms with van der Waals surface area (Å²) in [5.41, 5.74) is 3.62. The molecule has 19 heavy (non-hydrogen) atoms. The van der Waals surface area contributed by atoms with Crippen LogP contribution < -0.4 is 4.74 Å². The van der Waals surface area contributed by atoms with Crippen molar-refractivity contribution in [2.24, 2.45) is 0 Å². The molecule has 0 aliphatic carbocycles. The normalized spacial score (nSPS) is 10.5. The van der Waals surface area contributed by atoms with E-state index in [-0.39, 0.29) is 0 Å². The van der Waals surface area contributed by atoms with Crippen LogP contribution >= 0.6 is 11.6 Å². The summed E-state index contributed by atoms with van der Waals surface area (Å²) in [6, 6.07) is 4.13. The lowest BCUT2D eigenvalue weighted by molar-refractivity contribution is 0.432. The summed E-state index contributed by atoms with van der Waals surface area (Å²) in [6.45, 7) is 5.89. The van der Waals surface area contributed by atoms with E-state index >= 15 is 0 Å². The second kappa shape index (κ2) is 5.97. The maximum atomic E-state index is 5.78. The van der Waals surface area contributed by atoms with Gasteiger partial charge in [-0.05, 0) is 32.4 Å². The average Bonchev–Trinajstić information content (AvgIpc) is 2.41. The number of hydrogen-bond acceptors (Lipinski definition) is 4. The van der Waals surface area contributed by atoms with Crippen LogP contribution in [0, 0.1) is 13.8 Å². The molecule has 0 aromatic carbocycles. The molecule has 5 heteroatoms. The molecular weight excluding hydrogens is 262 g/mol. The van der Waals surface area contributed by atoms with E-state index in [0.29, 0.717) is 17.6 Å². The lowest BCUT2D eigenvalue weighted by Gasteiger charge is -2.09. The number of aromatic nitrogens is 3. The van der Waals surface area contributed by atoms with Crippen LogP contribution in [-0.2, 0) is 12.3 Å². The highest BCUT2D eigenvalue weighted by Gasteiger charge is 2.09. The molecule has 2 rings (SSSR count). The zero-order chi connectivity index (χ0) is 13.8. The van der Waals surface area contributed by atoms with Crippen molar-refractivity contribution in [2.75, 3.05) is 0 Å². The predicted octanol–water partition coefficient (Wildman–Crippen LogP) is 3.58. The largest absolute Gasteiger partial charge is 0.422 e. The molecule has 0 bridgehead atoms. The van der Waals surface area contributed by atoms with Gasteiger partial charge in [-0.2, -0.15) is 4.98 Å². The summed E-state index contributed by atoms with van der Waals surface area (Å²) in [5.74, 6) is 1.10. The lowest BCUT2D eigenvalue weighted by Crippen LogP contribution is -2.00. The molecule has 2 heterocycles. The summed E-state index contributed by atoms with van der Waals surface area (Å²) in [6.07, 6.45) is 2.49. The van der Waals surface area contributed by atoms with Crippen LogP contribution in [0.1, 0.15) is 29.6 Å². The van der Waals surface area contributed by atoms with Crippen molar-refractivity contribution in [1.82, 2.24) is 15.0 Å². The van der Waals surface area contributed by atoms with Gasteiger partial charge in [-0.25, -0.2) is 4.98 Å². The first-order valence-corrected chi connectivity index (χ1v) is 6.70. The maximum Gasteiger partial charge on any atom is 0.322 e. The van der Waals surface area contributed by atoms with E-state index in [9.17, 15) is 0 Å². The minimum atomic E-state index is 0.326. The van der Waals surface area contributed by atoms with Crippen molar-refractivity contribution < 1.29 is 4.74 Å². The molecule has 0 saturated heterocycles. The molecule has 4 nitrogen and oxygen atoms in total. The second-order valence-electron chi connectivity index (χ2n) is 4.25. The Morgan fingerprint density at radius 1 is 1.21 bits per heavy atom. The van der Waals surface area contributed by atoms with Gasteiger partial charge in [0.15, 0.2) is 5.75 Å². The maximum absolute atomic E-state index is 5.78. The van der Waals surface area contributed by atoms with E-state index in [1.165, 1.54) is 0 Å². The molecule has 0 atom stereocenters. The minimum Gasteiger partial charge on any atom is -0.422 e. The Morgan fingerprint density at radius 3 is 2.63 bits per heavy atom.